The topological polar surface area (TPSA) is 89.3 Å². The maximum Gasteiger partial charge on any atom is 0.242 e. The monoisotopic (exact) mass is 266 g/mol. The molecule has 0 unspecified atom stereocenters. The number of carbonyl (C=O) groups is 1. The number of hydrogen-bond donors (Lipinski definition) is 2. The minimum absolute atomic E-state index is 0.140. The smallest absolute Gasteiger partial charge is 0.242 e. The summed E-state index contributed by atoms with van der Waals surface area (Å²) in [6, 6.07) is 2.89. The summed E-state index contributed by atoms with van der Waals surface area (Å²) in [5, 5.41) is -0.140. The number of nitrogens with two attached hydrogens (primary N) is 1. The number of hydrogen-bond acceptors (Lipinski definition) is 3. The molecule has 0 spiro atoms. The van der Waals surface area contributed by atoms with Gasteiger partial charge < -0.3 is 5.73 Å². The summed E-state index contributed by atoms with van der Waals surface area (Å²) >= 11 is 5.59. The number of carbonyl (C=O) groups excluding carboxylic acids is 1. The molecule has 0 bridgehead atoms. The third kappa shape index (κ3) is 3.16. The van der Waals surface area contributed by atoms with E-state index in [1.54, 1.807) is 0 Å². The van der Waals surface area contributed by atoms with Crippen LogP contribution < -0.4 is 10.5 Å². The summed E-state index contributed by atoms with van der Waals surface area (Å²) in [5.74, 6) is -1.60. The lowest BCUT2D eigenvalue weighted by molar-refractivity contribution is -0.116. The van der Waals surface area contributed by atoms with Crippen LogP contribution in [0, 0.1) is 5.82 Å². The van der Waals surface area contributed by atoms with E-state index >= 15 is 0 Å². The predicted molar refractivity (Wildman–Crippen MR) is 55.8 cm³/mol. The molecule has 16 heavy (non-hydrogen) atoms. The fraction of sp³-hybridized carbons (Fsp3) is 0.125. The quantitative estimate of drug-likeness (QED) is 0.818. The molecule has 0 radical (unpaired) electrons. The van der Waals surface area contributed by atoms with Gasteiger partial charge in [0.2, 0.25) is 15.9 Å². The van der Waals surface area contributed by atoms with Crippen LogP contribution in [-0.2, 0) is 14.8 Å². The Morgan fingerprint density at radius 1 is 1.50 bits per heavy atom. The van der Waals surface area contributed by atoms with E-state index in [2.05, 4.69) is 0 Å². The molecular weight excluding hydrogens is 259 g/mol. The van der Waals surface area contributed by atoms with Crippen LogP contribution in [-0.4, -0.2) is 20.9 Å². The first kappa shape index (κ1) is 12.9. The number of rotatable bonds is 4. The van der Waals surface area contributed by atoms with Gasteiger partial charge in [0.05, 0.1) is 11.6 Å². The van der Waals surface area contributed by atoms with Crippen molar-refractivity contribution < 1.29 is 17.6 Å². The number of primary amides is 1. The third-order valence-electron chi connectivity index (χ3n) is 1.62. The van der Waals surface area contributed by atoms with Gasteiger partial charge in [-0.2, -0.15) is 0 Å². The Balaban J connectivity index is 3.07. The third-order valence-corrected chi connectivity index (χ3v) is 3.50. The first-order valence-electron chi connectivity index (χ1n) is 4.06. The van der Waals surface area contributed by atoms with Crippen molar-refractivity contribution in [1.29, 1.82) is 0 Å². The van der Waals surface area contributed by atoms with Crippen molar-refractivity contribution in [3.63, 3.8) is 0 Å². The summed E-state index contributed by atoms with van der Waals surface area (Å²) in [6.45, 7) is -0.574. The highest BCUT2D eigenvalue weighted by Crippen LogP contribution is 2.21. The number of amides is 1. The molecule has 0 aliphatic rings. The highest BCUT2D eigenvalue weighted by atomic mass is 35.5. The molecule has 0 fully saturated rings. The summed E-state index contributed by atoms with van der Waals surface area (Å²) in [6.07, 6.45) is 0. The van der Waals surface area contributed by atoms with Crippen molar-refractivity contribution in [2.45, 2.75) is 4.90 Å². The highest BCUT2D eigenvalue weighted by Gasteiger charge is 2.18. The van der Waals surface area contributed by atoms with Crippen LogP contribution in [0.2, 0.25) is 5.02 Å². The second kappa shape index (κ2) is 4.77. The van der Waals surface area contributed by atoms with E-state index in [9.17, 15) is 17.6 Å². The van der Waals surface area contributed by atoms with Gasteiger partial charge >= 0.3 is 0 Å². The van der Waals surface area contributed by atoms with Crippen LogP contribution in [0.15, 0.2) is 23.1 Å². The van der Waals surface area contributed by atoms with Crippen LogP contribution >= 0.6 is 11.6 Å². The normalized spacial score (nSPS) is 11.4. The van der Waals surface area contributed by atoms with Gasteiger partial charge in [0.15, 0.2) is 0 Å². The molecule has 8 heteroatoms. The van der Waals surface area contributed by atoms with E-state index in [-0.39, 0.29) is 5.02 Å². The minimum Gasteiger partial charge on any atom is -0.369 e. The molecule has 0 aromatic heterocycles. The summed E-state index contributed by atoms with van der Waals surface area (Å²) in [5.41, 5.74) is 4.77. The van der Waals surface area contributed by atoms with Crippen LogP contribution in [0.5, 0.6) is 0 Å². The summed E-state index contributed by atoms with van der Waals surface area (Å²) in [7, 11) is -4.03. The maximum absolute atomic E-state index is 12.8. The maximum atomic E-state index is 12.8. The zero-order valence-electron chi connectivity index (χ0n) is 7.91. The fourth-order valence-electron chi connectivity index (χ4n) is 0.927. The predicted octanol–water partition coefficient (Wildman–Crippen LogP) is 0.243. The molecule has 0 aliphatic heterocycles. The molecule has 5 nitrogen and oxygen atoms in total. The molecule has 1 aromatic rings. The Hall–Kier alpha value is -1.18. The molecule has 88 valence electrons. The van der Waals surface area contributed by atoms with Gasteiger partial charge in [0, 0.05) is 0 Å². The van der Waals surface area contributed by atoms with E-state index < -0.39 is 33.2 Å². The summed E-state index contributed by atoms with van der Waals surface area (Å²) in [4.78, 5) is 9.98. The second-order valence-corrected chi connectivity index (χ2v) is 5.01. The molecule has 1 aromatic carbocycles. The molecule has 0 atom stereocenters. The van der Waals surface area contributed by atoms with E-state index in [1.165, 1.54) is 0 Å². The van der Waals surface area contributed by atoms with Crippen molar-refractivity contribution in [1.82, 2.24) is 4.72 Å². The van der Waals surface area contributed by atoms with E-state index in [1.807, 2.05) is 4.72 Å². The van der Waals surface area contributed by atoms with Crippen LogP contribution in [0.25, 0.3) is 0 Å². The van der Waals surface area contributed by atoms with Crippen molar-refractivity contribution in [2.24, 2.45) is 5.73 Å². The molecule has 0 saturated heterocycles. The molecule has 0 aliphatic carbocycles. The average Bonchev–Trinajstić information content (AvgIpc) is 2.19. The van der Waals surface area contributed by atoms with Crippen molar-refractivity contribution in [2.75, 3.05) is 6.54 Å². The first-order valence-corrected chi connectivity index (χ1v) is 5.92. The Bertz CT molecular complexity index is 518. The van der Waals surface area contributed by atoms with E-state index in [0.717, 1.165) is 18.2 Å². The highest BCUT2D eigenvalue weighted by molar-refractivity contribution is 7.89. The number of halogens is 2. The number of benzene rings is 1. The average molecular weight is 267 g/mol. The van der Waals surface area contributed by atoms with Gasteiger partial charge in [0.25, 0.3) is 0 Å². The Morgan fingerprint density at radius 3 is 2.69 bits per heavy atom. The summed E-state index contributed by atoms with van der Waals surface area (Å²) < 4.78 is 37.8. The van der Waals surface area contributed by atoms with Gasteiger partial charge in [-0.1, -0.05) is 11.6 Å². The van der Waals surface area contributed by atoms with Gasteiger partial charge in [-0.05, 0) is 18.2 Å². The van der Waals surface area contributed by atoms with Gasteiger partial charge in [-0.15, -0.1) is 0 Å². The van der Waals surface area contributed by atoms with Gasteiger partial charge in [0.1, 0.15) is 10.7 Å². The Morgan fingerprint density at radius 2 is 2.12 bits per heavy atom. The van der Waals surface area contributed by atoms with Crippen molar-refractivity contribution >= 4 is 27.5 Å². The standard InChI is InChI=1S/C8H8ClFN2O3S/c9-6-2-1-5(10)3-7(6)16(14,15)12-4-8(11)13/h1-3,12H,4H2,(H2,11,13). The lowest BCUT2D eigenvalue weighted by Gasteiger charge is -2.06. The number of nitrogens with one attached hydrogen (secondary N) is 1. The molecule has 0 saturated carbocycles. The first-order chi connectivity index (χ1) is 7.33. The Kier molecular flexibility index (Phi) is 3.84. The van der Waals surface area contributed by atoms with Crippen molar-refractivity contribution in [3.8, 4) is 0 Å². The van der Waals surface area contributed by atoms with Crippen LogP contribution in [0.1, 0.15) is 0 Å². The molecule has 0 heterocycles. The fourth-order valence-corrected chi connectivity index (χ4v) is 2.43. The molecule has 1 rings (SSSR count). The van der Waals surface area contributed by atoms with E-state index in [4.69, 9.17) is 17.3 Å². The minimum atomic E-state index is -4.03. The van der Waals surface area contributed by atoms with Gasteiger partial charge in [-0.25, -0.2) is 17.5 Å². The second-order valence-electron chi connectivity index (χ2n) is 2.87. The zero-order valence-corrected chi connectivity index (χ0v) is 9.48. The number of sulfonamides is 1. The lowest BCUT2D eigenvalue weighted by atomic mass is 10.3. The van der Waals surface area contributed by atoms with Crippen molar-refractivity contribution in [3.05, 3.63) is 29.0 Å². The molecular formula is C8H8ClFN2O3S. The largest absolute Gasteiger partial charge is 0.369 e. The van der Waals surface area contributed by atoms with Crippen LogP contribution in [0.3, 0.4) is 0 Å². The van der Waals surface area contributed by atoms with Gasteiger partial charge in [-0.3, -0.25) is 4.79 Å². The zero-order chi connectivity index (χ0) is 12.3. The molecule has 1 amide bonds. The van der Waals surface area contributed by atoms with Crippen LogP contribution in [0.4, 0.5) is 4.39 Å². The Labute approximate surface area is 96.4 Å². The van der Waals surface area contributed by atoms with E-state index in [0.29, 0.717) is 0 Å². The SMILES string of the molecule is NC(=O)CNS(=O)(=O)c1cc(F)ccc1Cl. The lowest BCUT2D eigenvalue weighted by Crippen LogP contribution is -2.33. The molecule has 3 N–H and O–H groups in total.